The number of anilines is 1. The molecule has 0 radical (unpaired) electrons. The summed E-state index contributed by atoms with van der Waals surface area (Å²) in [5, 5.41) is 2.73. The Morgan fingerprint density at radius 2 is 1.83 bits per heavy atom. The van der Waals surface area contributed by atoms with Gasteiger partial charge in [-0.3, -0.25) is 9.59 Å². The van der Waals surface area contributed by atoms with Crippen LogP contribution in [-0.4, -0.2) is 25.1 Å². The number of rotatable bonds is 5. The summed E-state index contributed by atoms with van der Waals surface area (Å²) in [6, 6.07) is 10.4. The lowest BCUT2D eigenvalue weighted by Gasteiger charge is -2.13. The molecule has 0 aromatic heterocycles. The fourth-order valence-corrected chi connectivity index (χ4v) is 3.41. The highest BCUT2D eigenvalue weighted by molar-refractivity contribution is 9.10. The number of carbonyl (C=O) groups excluding carboxylic acids is 2. The molecule has 2 rings (SSSR count). The number of carbonyl (C=O) groups is 2. The Morgan fingerprint density at radius 3 is 2.35 bits per heavy atom. The van der Waals surface area contributed by atoms with Gasteiger partial charge in [-0.2, -0.15) is 0 Å². The quantitative estimate of drug-likeness (QED) is 0.605. The van der Waals surface area contributed by atoms with E-state index in [-0.39, 0.29) is 11.7 Å². The Morgan fingerprint density at radius 1 is 1.17 bits per heavy atom. The average molecular weight is 394 g/mol. The molecular formula is C17H16BrNO3S. The van der Waals surface area contributed by atoms with Crippen molar-refractivity contribution in [2.45, 2.75) is 11.8 Å². The Kier molecular flexibility index (Phi) is 5.85. The molecule has 2 aromatic carbocycles. The van der Waals surface area contributed by atoms with Crippen LogP contribution in [0.5, 0.6) is 5.75 Å². The predicted octanol–water partition coefficient (Wildman–Crippen LogP) is 4.37. The summed E-state index contributed by atoms with van der Waals surface area (Å²) >= 11 is 5.00. The maximum Gasteiger partial charge on any atom is 0.221 e. The van der Waals surface area contributed by atoms with E-state index in [0.29, 0.717) is 22.6 Å². The third-order valence-corrected chi connectivity index (χ3v) is 4.90. The lowest BCUT2D eigenvalue weighted by atomic mass is 10.0. The van der Waals surface area contributed by atoms with Crippen molar-refractivity contribution in [3.8, 4) is 5.75 Å². The van der Waals surface area contributed by atoms with E-state index in [1.165, 1.54) is 18.7 Å². The Hall–Kier alpha value is -1.79. The molecule has 0 heterocycles. The molecule has 1 N–H and O–H groups in total. The van der Waals surface area contributed by atoms with Crippen LogP contribution >= 0.6 is 27.7 Å². The van der Waals surface area contributed by atoms with Crippen molar-refractivity contribution in [1.29, 1.82) is 0 Å². The molecular weight excluding hydrogens is 378 g/mol. The van der Waals surface area contributed by atoms with E-state index in [1.807, 2.05) is 6.26 Å². The Balaban J connectivity index is 2.48. The first-order valence-electron chi connectivity index (χ1n) is 6.80. The molecule has 0 fully saturated rings. The van der Waals surface area contributed by atoms with E-state index in [9.17, 15) is 9.59 Å². The first-order valence-corrected chi connectivity index (χ1v) is 8.82. The van der Waals surface area contributed by atoms with E-state index in [0.717, 1.165) is 9.37 Å². The van der Waals surface area contributed by atoms with Gasteiger partial charge in [0.05, 0.1) is 12.8 Å². The number of nitrogens with one attached hydrogen (secondary N) is 1. The fraction of sp³-hybridized carbons (Fsp3) is 0.176. The van der Waals surface area contributed by atoms with Crippen LogP contribution in [0.1, 0.15) is 22.8 Å². The van der Waals surface area contributed by atoms with Crippen molar-refractivity contribution in [2.24, 2.45) is 0 Å². The predicted molar refractivity (Wildman–Crippen MR) is 96.7 cm³/mol. The van der Waals surface area contributed by atoms with Gasteiger partial charge in [-0.1, -0.05) is 0 Å². The lowest BCUT2D eigenvalue weighted by Crippen LogP contribution is -2.12. The van der Waals surface area contributed by atoms with Gasteiger partial charge in [0.1, 0.15) is 5.75 Å². The van der Waals surface area contributed by atoms with Crippen molar-refractivity contribution < 1.29 is 14.3 Å². The van der Waals surface area contributed by atoms with Crippen LogP contribution in [0.25, 0.3) is 0 Å². The summed E-state index contributed by atoms with van der Waals surface area (Å²) in [5.74, 6) is 0.301. The number of hydrogen-bond acceptors (Lipinski definition) is 4. The second-order valence-corrected chi connectivity index (χ2v) is 6.47. The highest BCUT2D eigenvalue weighted by atomic mass is 79.9. The molecule has 0 aliphatic rings. The highest BCUT2D eigenvalue weighted by Gasteiger charge is 2.17. The van der Waals surface area contributed by atoms with Crippen molar-refractivity contribution in [1.82, 2.24) is 0 Å². The second kappa shape index (κ2) is 7.66. The van der Waals surface area contributed by atoms with Crippen LogP contribution in [0.4, 0.5) is 5.69 Å². The summed E-state index contributed by atoms with van der Waals surface area (Å²) in [7, 11) is 1.57. The molecule has 23 heavy (non-hydrogen) atoms. The standard InChI is InChI=1S/C17H16BrNO3S/c1-10(20)19-15-9-16(23-3)14(18)8-13(15)17(21)11-4-6-12(22-2)7-5-11/h4-9H,1-3H3,(H,19,20). The topological polar surface area (TPSA) is 55.4 Å². The maximum atomic E-state index is 12.8. The third-order valence-electron chi connectivity index (χ3n) is 3.20. The summed E-state index contributed by atoms with van der Waals surface area (Å²) in [6.45, 7) is 1.42. The van der Waals surface area contributed by atoms with E-state index < -0.39 is 0 Å². The maximum absolute atomic E-state index is 12.8. The van der Waals surface area contributed by atoms with E-state index in [1.54, 1.807) is 43.5 Å². The molecule has 0 saturated heterocycles. The van der Waals surface area contributed by atoms with Gasteiger partial charge < -0.3 is 10.1 Å². The van der Waals surface area contributed by atoms with Gasteiger partial charge in [-0.15, -0.1) is 11.8 Å². The summed E-state index contributed by atoms with van der Waals surface area (Å²) in [5.41, 5.74) is 1.47. The molecule has 4 nitrogen and oxygen atoms in total. The largest absolute Gasteiger partial charge is 0.497 e. The monoisotopic (exact) mass is 393 g/mol. The number of thioether (sulfide) groups is 1. The zero-order chi connectivity index (χ0) is 17.0. The molecule has 0 spiro atoms. The Bertz CT molecular complexity index is 744. The van der Waals surface area contributed by atoms with Gasteiger partial charge in [-0.05, 0) is 58.6 Å². The molecule has 120 valence electrons. The molecule has 0 saturated carbocycles. The number of ether oxygens (including phenoxy) is 1. The summed E-state index contributed by atoms with van der Waals surface area (Å²) in [6.07, 6.45) is 1.93. The zero-order valence-corrected chi connectivity index (χ0v) is 15.4. The van der Waals surface area contributed by atoms with E-state index in [4.69, 9.17) is 4.74 Å². The number of methoxy groups -OCH3 is 1. The first kappa shape index (κ1) is 17.6. The van der Waals surface area contributed by atoms with Gasteiger partial charge in [0.2, 0.25) is 5.91 Å². The van der Waals surface area contributed by atoms with Crippen LogP contribution in [0.3, 0.4) is 0 Å². The molecule has 2 aromatic rings. The fourth-order valence-electron chi connectivity index (χ4n) is 2.09. The van der Waals surface area contributed by atoms with Crippen molar-refractivity contribution in [3.05, 3.63) is 52.0 Å². The normalized spacial score (nSPS) is 10.3. The molecule has 0 bridgehead atoms. The van der Waals surface area contributed by atoms with Crippen LogP contribution in [0.2, 0.25) is 0 Å². The number of ketones is 1. The van der Waals surface area contributed by atoms with E-state index >= 15 is 0 Å². The molecule has 0 aliphatic carbocycles. The summed E-state index contributed by atoms with van der Waals surface area (Å²) in [4.78, 5) is 25.2. The molecule has 1 amide bonds. The number of benzene rings is 2. The van der Waals surface area contributed by atoms with Gasteiger partial charge >= 0.3 is 0 Å². The van der Waals surface area contributed by atoms with Crippen LogP contribution in [0.15, 0.2) is 45.8 Å². The SMILES string of the molecule is COc1ccc(C(=O)c2cc(Br)c(SC)cc2NC(C)=O)cc1. The molecule has 0 unspecified atom stereocenters. The van der Waals surface area contributed by atoms with Crippen LogP contribution < -0.4 is 10.1 Å². The van der Waals surface area contributed by atoms with Gasteiger partial charge in [0.15, 0.2) is 5.78 Å². The lowest BCUT2D eigenvalue weighted by molar-refractivity contribution is -0.114. The van der Waals surface area contributed by atoms with Crippen molar-refractivity contribution in [3.63, 3.8) is 0 Å². The molecule has 0 aliphatic heterocycles. The van der Waals surface area contributed by atoms with Crippen LogP contribution in [0, 0.1) is 0 Å². The van der Waals surface area contributed by atoms with Gasteiger partial charge in [-0.25, -0.2) is 0 Å². The van der Waals surface area contributed by atoms with Crippen molar-refractivity contribution in [2.75, 3.05) is 18.7 Å². The number of hydrogen-bond donors (Lipinski definition) is 1. The number of halogens is 1. The summed E-state index contributed by atoms with van der Waals surface area (Å²) < 4.78 is 5.92. The van der Waals surface area contributed by atoms with Crippen molar-refractivity contribution >= 4 is 45.1 Å². The Labute approximate surface area is 147 Å². The molecule has 0 atom stereocenters. The molecule has 6 heteroatoms. The van der Waals surface area contributed by atoms with Crippen LogP contribution in [-0.2, 0) is 4.79 Å². The van der Waals surface area contributed by atoms with Gasteiger partial charge in [0.25, 0.3) is 0 Å². The van der Waals surface area contributed by atoms with E-state index in [2.05, 4.69) is 21.2 Å². The minimum Gasteiger partial charge on any atom is -0.497 e. The smallest absolute Gasteiger partial charge is 0.221 e. The minimum atomic E-state index is -0.219. The van der Waals surface area contributed by atoms with Gasteiger partial charge in [0, 0.05) is 27.4 Å². The highest BCUT2D eigenvalue weighted by Crippen LogP contribution is 2.33. The zero-order valence-electron chi connectivity index (χ0n) is 13.0. The number of amides is 1. The second-order valence-electron chi connectivity index (χ2n) is 4.77. The average Bonchev–Trinajstić information content (AvgIpc) is 2.55. The third kappa shape index (κ3) is 4.14. The first-order chi connectivity index (χ1) is 11.0. The minimum absolute atomic E-state index is 0.162.